The van der Waals surface area contributed by atoms with Gasteiger partial charge in [0, 0.05) is 18.5 Å². The molecule has 1 saturated heterocycles. The Kier molecular flexibility index (Phi) is 6.94. The number of carbonyl (C=O) groups excluding carboxylic acids is 2. The molecular weight excluding hydrogens is 444 g/mol. The van der Waals surface area contributed by atoms with E-state index in [1.165, 1.54) is 30.0 Å². The number of anilines is 2. The van der Waals surface area contributed by atoms with Gasteiger partial charge in [-0.25, -0.2) is 13.6 Å². The number of rotatable bonds is 7. The van der Waals surface area contributed by atoms with Gasteiger partial charge in [0.2, 0.25) is 0 Å². The van der Waals surface area contributed by atoms with Crippen LogP contribution in [0.15, 0.2) is 30.3 Å². The Morgan fingerprint density at radius 3 is 2.52 bits per heavy atom. The molecule has 3 rings (SSSR count). The van der Waals surface area contributed by atoms with Gasteiger partial charge in [0.05, 0.1) is 12.3 Å². The molecule has 172 valence electrons. The largest absolute Gasteiger partial charge is 0.303 e. The Labute approximate surface area is 197 Å². The fourth-order valence-electron chi connectivity index (χ4n) is 3.93. The fourth-order valence-corrected chi connectivity index (χ4v) is 4.44. The van der Waals surface area contributed by atoms with E-state index in [0.717, 1.165) is 4.90 Å². The smallest absolute Gasteiger partial charge is 0.259 e. The lowest BCUT2D eigenvalue weighted by molar-refractivity contribution is -0.120. The summed E-state index contributed by atoms with van der Waals surface area (Å²) in [6, 6.07) is 7.42. The highest BCUT2D eigenvalue weighted by Crippen LogP contribution is 2.39. The Morgan fingerprint density at radius 2 is 1.91 bits per heavy atom. The van der Waals surface area contributed by atoms with Crippen molar-refractivity contribution < 1.29 is 18.4 Å². The number of carbonyl (C=O) groups is 2. The van der Waals surface area contributed by atoms with Crippen LogP contribution in [0.4, 0.5) is 25.8 Å². The van der Waals surface area contributed by atoms with Gasteiger partial charge in [0.15, 0.2) is 10.8 Å². The van der Waals surface area contributed by atoms with Crippen molar-refractivity contribution in [3.05, 3.63) is 64.5 Å². The molecule has 0 radical (unpaired) electrons. The molecule has 0 aliphatic carbocycles. The summed E-state index contributed by atoms with van der Waals surface area (Å²) in [5.74, 6) is -1.46. The molecule has 0 aromatic heterocycles. The summed E-state index contributed by atoms with van der Waals surface area (Å²) < 4.78 is 29.9. The molecule has 1 amide bonds. The molecule has 8 heteroatoms. The first-order valence-corrected chi connectivity index (χ1v) is 11.1. The van der Waals surface area contributed by atoms with Crippen LogP contribution in [0, 0.1) is 25.1 Å². The van der Waals surface area contributed by atoms with E-state index in [4.69, 9.17) is 18.8 Å². The van der Waals surface area contributed by atoms with E-state index in [0.29, 0.717) is 36.9 Å². The van der Waals surface area contributed by atoms with E-state index in [2.05, 4.69) is 4.85 Å². The van der Waals surface area contributed by atoms with Gasteiger partial charge in [-0.05, 0) is 75.2 Å². The number of hydrogen-bond acceptors (Lipinski definition) is 3. The minimum Gasteiger partial charge on any atom is -0.303 e. The molecular formula is C25H25F2N3O2S. The number of ketones is 1. The van der Waals surface area contributed by atoms with E-state index in [-0.39, 0.29) is 27.8 Å². The van der Waals surface area contributed by atoms with Crippen LogP contribution >= 0.6 is 12.2 Å². The zero-order chi connectivity index (χ0) is 24.5. The van der Waals surface area contributed by atoms with Crippen LogP contribution < -0.4 is 9.80 Å². The van der Waals surface area contributed by atoms with E-state index in [1.807, 2.05) is 0 Å². The SMILES string of the molecule is [C-]#[N+]c1ccc(N2C(=O)C(C)(C)N(c3ccc(CCCC(=O)CC)c(F)c3)C2=S)c(F)c1C. The molecule has 5 nitrogen and oxygen atoms in total. The molecule has 33 heavy (non-hydrogen) atoms. The minimum absolute atomic E-state index is 0.0274. The topological polar surface area (TPSA) is 45.0 Å². The van der Waals surface area contributed by atoms with Crippen molar-refractivity contribution in [3.8, 4) is 0 Å². The highest BCUT2D eigenvalue weighted by molar-refractivity contribution is 7.81. The van der Waals surface area contributed by atoms with E-state index in [9.17, 15) is 14.0 Å². The lowest BCUT2D eigenvalue weighted by Gasteiger charge is -2.29. The summed E-state index contributed by atoms with van der Waals surface area (Å²) in [6.07, 6.45) is 1.85. The molecule has 1 aliphatic rings. The number of nitrogens with zero attached hydrogens (tertiary/aromatic N) is 3. The second-order valence-corrected chi connectivity index (χ2v) is 8.86. The van der Waals surface area contributed by atoms with Crippen molar-refractivity contribution in [3.63, 3.8) is 0 Å². The van der Waals surface area contributed by atoms with E-state index in [1.54, 1.807) is 32.9 Å². The zero-order valence-corrected chi connectivity index (χ0v) is 19.9. The number of halogens is 2. The van der Waals surface area contributed by atoms with Gasteiger partial charge in [0.1, 0.15) is 23.0 Å². The van der Waals surface area contributed by atoms with Crippen LogP contribution in [0.2, 0.25) is 0 Å². The molecule has 1 heterocycles. The average Bonchev–Trinajstić information content (AvgIpc) is 2.95. The maximum atomic E-state index is 15.0. The first-order chi connectivity index (χ1) is 15.5. The first-order valence-electron chi connectivity index (χ1n) is 10.7. The summed E-state index contributed by atoms with van der Waals surface area (Å²) in [6.45, 7) is 13.7. The summed E-state index contributed by atoms with van der Waals surface area (Å²) in [4.78, 5) is 30.7. The van der Waals surface area contributed by atoms with Crippen LogP contribution in [-0.4, -0.2) is 22.3 Å². The normalized spacial score (nSPS) is 15.2. The summed E-state index contributed by atoms with van der Waals surface area (Å²) in [5.41, 5.74) is -0.0818. The lowest BCUT2D eigenvalue weighted by atomic mass is 10.0. The summed E-state index contributed by atoms with van der Waals surface area (Å²) in [5, 5.41) is 0.0274. The van der Waals surface area contributed by atoms with Gasteiger partial charge in [-0.1, -0.05) is 19.1 Å². The molecule has 0 spiro atoms. The fraction of sp³-hybridized carbons (Fsp3) is 0.360. The summed E-state index contributed by atoms with van der Waals surface area (Å²) >= 11 is 5.55. The Balaban J connectivity index is 1.93. The van der Waals surface area contributed by atoms with Crippen molar-refractivity contribution in [1.82, 2.24) is 0 Å². The maximum absolute atomic E-state index is 15.0. The van der Waals surface area contributed by atoms with Gasteiger partial charge in [0.25, 0.3) is 5.91 Å². The van der Waals surface area contributed by atoms with Crippen molar-refractivity contribution in [2.45, 2.75) is 58.9 Å². The van der Waals surface area contributed by atoms with Gasteiger partial charge in [-0.15, -0.1) is 0 Å². The van der Waals surface area contributed by atoms with Gasteiger partial charge < -0.3 is 4.90 Å². The van der Waals surface area contributed by atoms with Gasteiger partial charge in [-0.3, -0.25) is 14.5 Å². The number of benzene rings is 2. The molecule has 0 atom stereocenters. The van der Waals surface area contributed by atoms with Crippen LogP contribution in [0.1, 0.15) is 51.2 Å². The second kappa shape index (κ2) is 9.36. The predicted molar refractivity (Wildman–Crippen MR) is 129 cm³/mol. The van der Waals surface area contributed by atoms with Crippen LogP contribution in [0.3, 0.4) is 0 Å². The molecule has 2 aromatic rings. The zero-order valence-electron chi connectivity index (χ0n) is 19.0. The van der Waals surface area contributed by atoms with E-state index >= 15 is 4.39 Å². The second-order valence-electron chi connectivity index (χ2n) is 8.49. The Hall–Kier alpha value is -3.18. The standard InChI is InChI=1S/C25H25F2N3O2S/c1-6-18(31)9-7-8-16-10-11-17(14-19(16)26)30-24(33)29(23(32)25(30,3)4)21-13-12-20(28-5)15(2)22(21)27/h10-14H,6-9H2,1-4H3. The quantitative estimate of drug-likeness (QED) is 0.366. The molecule has 1 aliphatic heterocycles. The highest BCUT2D eigenvalue weighted by Gasteiger charge is 2.51. The maximum Gasteiger partial charge on any atom is 0.259 e. The van der Waals surface area contributed by atoms with Crippen molar-refractivity contribution in [2.75, 3.05) is 9.80 Å². The Morgan fingerprint density at radius 1 is 1.21 bits per heavy atom. The summed E-state index contributed by atoms with van der Waals surface area (Å²) in [7, 11) is 0. The number of amides is 1. The van der Waals surface area contributed by atoms with Crippen LogP contribution in [0.25, 0.3) is 4.85 Å². The molecule has 0 bridgehead atoms. The minimum atomic E-state index is -1.18. The number of hydrogen-bond donors (Lipinski definition) is 0. The van der Waals surface area contributed by atoms with Crippen molar-refractivity contribution in [1.29, 1.82) is 0 Å². The van der Waals surface area contributed by atoms with Crippen LogP contribution in [0.5, 0.6) is 0 Å². The van der Waals surface area contributed by atoms with E-state index < -0.39 is 23.1 Å². The third-order valence-electron chi connectivity index (χ3n) is 5.96. The van der Waals surface area contributed by atoms with Crippen molar-refractivity contribution >= 4 is 46.1 Å². The lowest BCUT2D eigenvalue weighted by Crippen LogP contribution is -2.44. The molecule has 1 fully saturated rings. The van der Waals surface area contributed by atoms with Gasteiger partial charge >= 0.3 is 0 Å². The Bertz CT molecular complexity index is 1190. The first kappa shape index (κ1) is 24.5. The van der Waals surface area contributed by atoms with Crippen molar-refractivity contribution in [2.24, 2.45) is 0 Å². The molecule has 0 saturated carbocycles. The average molecular weight is 470 g/mol. The third-order valence-corrected chi connectivity index (χ3v) is 6.32. The molecule has 2 aromatic carbocycles. The number of Topliss-reactive ketones (excluding diaryl/α,β-unsaturated/α-hetero) is 1. The highest BCUT2D eigenvalue weighted by atomic mass is 32.1. The molecule has 0 unspecified atom stereocenters. The molecule has 0 N–H and O–H groups in total. The van der Waals surface area contributed by atoms with Gasteiger partial charge in [-0.2, -0.15) is 0 Å². The third kappa shape index (κ3) is 4.38. The predicted octanol–water partition coefficient (Wildman–Crippen LogP) is 6.04. The van der Waals surface area contributed by atoms with Crippen LogP contribution in [-0.2, 0) is 16.0 Å². The number of thiocarbonyl (C=S) groups is 1. The monoisotopic (exact) mass is 469 g/mol. The number of aryl methyl sites for hydroxylation is 1.